The molecule has 0 aliphatic heterocycles. The summed E-state index contributed by atoms with van der Waals surface area (Å²) in [5, 5.41) is 0. The number of ketones is 1. The number of carbonyl (C=O) groups is 1. The van der Waals surface area contributed by atoms with E-state index in [1.54, 1.807) is 19.2 Å². The van der Waals surface area contributed by atoms with Crippen LogP contribution < -0.4 is 0 Å². The van der Waals surface area contributed by atoms with Crippen molar-refractivity contribution in [1.82, 2.24) is 0 Å². The van der Waals surface area contributed by atoms with E-state index in [1.807, 2.05) is 0 Å². The summed E-state index contributed by atoms with van der Waals surface area (Å²) in [5.74, 6) is -0.341. The molecule has 0 saturated heterocycles. The highest BCUT2D eigenvalue weighted by Crippen LogP contribution is 2.41. The van der Waals surface area contributed by atoms with Gasteiger partial charge >= 0.3 is 5.51 Å². The van der Waals surface area contributed by atoms with Gasteiger partial charge in [-0.3, -0.25) is 4.79 Å². The number of thioether (sulfide) groups is 2. The Bertz CT molecular complexity index is 446. The van der Waals surface area contributed by atoms with Gasteiger partial charge in [-0.1, -0.05) is 22.0 Å². The molecule has 0 saturated carbocycles. The number of hydrogen-bond acceptors (Lipinski definition) is 3. The number of carbonyl (C=O) groups excluding carboxylic acids is 1. The standard InChI is InChI=1S/C11H10BrF3OS2/c1-6(12)10(16)9-7(17-2)4-3-5-8(9)18-11(13,14)15/h3-6H,1-2H3. The molecule has 0 spiro atoms. The van der Waals surface area contributed by atoms with Gasteiger partial charge in [-0.2, -0.15) is 13.2 Å². The van der Waals surface area contributed by atoms with Crippen molar-refractivity contribution in [3.63, 3.8) is 0 Å². The lowest BCUT2D eigenvalue weighted by molar-refractivity contribution is -0.0328. The lowest BCUT2D eigenvalue weighted by atomic mass is 10.1. The van der Waals surface area contributed by atoms with Gasteiger partial charge in [0.2, 0.25) is 0 Å². The van der Waals surface area contributed by atoms with Crippen LogP contribution in [0.5, 0.6) is 0 Å². The molecule has 100 valence electrons. The summed E-state index contributed by atoms with van der Waals surface area (Å²) in [6.07, 6.45) is 1.73. The topological polar surface area (TPSA) is 17.1 Å². The van der Waals surface area contributed by atoms with Crippen LogP contribution in [0, 0.1) is 0 Å². The van der Waals surface area contributed by atoms with Gasteiger partial charge < -0.3 is 0 Å². The summed E-state index contributed by atoms with van der Waals surface area (Å²) in [4.78, 5) is 12.0. The largest absolute Gasteiger partial charge is 0.446 e. The molecular weight excluding hydrogens is 349 g/mol. The molecule has 0 aromatic heterocycles. The first kappa shape index (κ1) is 15.9. The maximum atomic E-state index is 12.5. The summed E-state index contributed by atoms with van der Waals surface area (Å²) in [5.41, 5.74) is -4.27. The van der Waals surface area contributed by atoms with Crippen LogP contribution in [0.15, 0.2) is 28.0 Å². The molecule has 1 unspecified atom stereocenters. The Morgan fingerprint density at radius 1 is 1.33 bits per heavy atom. The van der Waals surface area contributed by atoms with Gasteiger partial charge in [0.1, 0.15) is 0 Å². The highest BCUT2D eigenvalue weighted by atomic mass is 79.9. The van der Waals surface area contributed by atoms with E-state index < -0.39 is 10.3 Å². The van der Waals surface area contributed by atoms with Gasteiger partial charge in [0, 0.05) is 15.4 Å². The highest BCUT2D eigenvalue weighted by molar-refractivity contribution is 9.10. The van der Waals surface area contributed by atoms with Crippen LogP contribution in [0.2, 0.25) is 0 Å². The number of Topliss-reactive ketones (excluding diaryl/α,β-unsaturated/α-hetero) is 1. The maximum Gasteiger partial charge on any atom is 0.446 e. The van der Waals surface area contributed by atoms with E-state index in [0.29, 0.717) is 4.90 Å². The van der Waals surface area contributed by atoms with E-state index in [2.05, 4.69) is 15.9 Å². The van der Waals surface area contributed by atoms with Crippen LogP contribution in [-0.4, -0.2) is 22.4 Å². The van der Waals surface area contributed by atoms with Crippen molar-refractivity contribution in [2.24, 2.45) is 0 Å². The van der Waals surface area contributed by atoms with E-state index in [9.17, 15) is 18.0 Å². The minimum absolute atomic E-state index is 0.0503. The lowest BCUT2D eigenvalue weighted by Gasteiger charge is -2.14. The third-order valence-corrected chi connectivity index (χ3v) is 4.03. The zero-order valence-electron chi connectivity index (χ0n) is 9.55. The molecule has 1 rings (SSSR count). The van der Waals surface area contributed by atoms with Gasteiger partial charge in [-0.05, 0) is 37.1 Å². The van der Waals surface area contributed by atoms with E-state index in [0.717, 1.165) is 0 Å². The molecule has 1 nitrogen and oxygen atoms in total. The van der Waals surface area contributed by atoms with Crippen LogP contribution in [-0.2, 0) is 0 Å². The summed E-state index contributed by atoms with van der Waals surface area (Å²) in [7, 11) is 0. The molecule has 0 fully saturated rings. The van der Waals surface area contributed by atoms with Crippen LogP contribution in [0.1, 0.15) is 17.3 Å². The molecular formula is C11H10BrF3OS2. The summed E-state index contributed by atoms with van der Waals surface area (Å²) >= 11 is 4.11. The van der Waals surface area contributed by atoms with Gasteiger partial charge in [-0.15, -0.1) is 11.8 Å². The summed E-state index contributed by atoms with van der Waals surface area (Å²) < 4.78 is 37.4. The van der Waals surface area contributed by atoms with Gasteiger partial charge in [0.25, 0.3) is 0 Å². The van der Waals surface area contributed by atoms with Crippen LogP contribution in [0.25, 0.3) is 0 Å². The maximum absolute atomic E-state index is 12.5. The van der Waals surface area contributed by atoms with Crippen molar-refractivity contribution in [2.75, 3.05) is 6.26 Å². The SMILES string of the molecule is CSc1cccc(SC(F)(F)F)c1C(=O)C(C)Br. The summed E-state index contributed by atoms with van der Waals surface area (Å²) in [6, 6.07) is 4.49. The monoisotopic (exact) mass is 358 g/mol. The average Bonchev–Trinajstić information content (AvgIpc) is 2.25. The average molecular weight is 359 g/mol. The second-order valence-corrected chi connectivity index (χ2v) is 6.69. The zero-order chi connectivity index (χ0) is 13.9. The van der Waals surface area contributed by atoms with Crippen molar-refractivity contribution in [1.29, 1.82) is 0 Å². The molecule has 0 heterocycles. The smallest absolute Gasteiger partial charge is 0.293 e. The summed E-state index contributed by atoms with van der Waals surface area (Å²) in [6.45, 7) is 1.60. The first-order chi connectivity index (χ1) is 8.26. The zero-order valence-corrected chi connectivity index (χ0v) is 12.8. The number of benzene rings is 1. The van der Waals surface area contributed by atoms with Crippen LogP contribution in [0.3, 0.4) is 0 Å². The number of rotatable bonds is 4. The molecule has 1 aromatic rings. The van der Waals surface area contributed by atoms with Crippen molar-refractivity contribution >= 4 is 45.2 Å². The van der Waals surface area contributed by atoms with E-state index in [-0.39, 0.29) is 28.0 Å². The molecule has 0 N–H and O–H groups in total. The molecule has 18 heavy (non-hydrogen) atoms. The van der Waals surface area contributed by atoms with Gasteiger partial charge in [0.15, 0.2) is 5.78 Å². The lowest BCUT2D eigenvalue weighted by Crippen LogP contribution is -2.14. The van der Waals surface area contributed by atoms with Crippen molar-refractivity contribution in [3.05, 3.63) is 23.8 Å². The normalized spacial score (nSPS) is 13.4. The third kappa shape index (κ3) is 4.20. The Morgan fingerprint density at radius 3 is 2.33 bits per heavy atom. The first-order valence-corrected chi connectivity index (χ1v) is 7.83. The van der Waals surface area contributed by atoms with Crippen molar-refractivity contribution in [2.45, 2.75) is 27.1 Å². The molecule has 1 aromatic carbocycles. The quantitative estimate of drug-likeness (QED) is 0.429. The van der Waals surface area contributed by atoms with E-state index >= 15 is 0 Å². The molecule has 1 atom stereocenters. The fraction of sp³-hybridized carbons (Fsp3) is 0.364. The van der Waals surface area contributed by atoms with Crippen LogP contribution in [0.4, 0.5) is 13.2 Å². The van der Waals surface area contributed by atoms with Gasteiger partial charge in [-0.25, -0.2) is 0 Å². The molecule has 7 heteroatoms. The fourth-order valence-corrected chi connectivity index (χ4v) is 2.96. The Kier molecular flexibility index (Phi) is 5.61. The number of halogens is 4. The van der Waals surface area contributed by atoms with Gasteiger partial charge in [0.05, 0.1) is 4.83 Å². The Morgan fingerprint density at radius 2 is 1.89 bits per heavy atom. The van der Waals surface area contributed by atoms with E-state index in [1.165, 1.54) is 23.9 Å². The molecule has 0 amide bonds. The molecule has 0 aliphatic carbocycles. The van der Waals surface area contributed by atoms with Crippen molar-refractivity contribution in [3.8, 4) is 0 Å². The predicted molar refractivity (Wildman–Crippen MR) is 72.9 cm³/mol. The molecule has 0 radical (unpaired) electrons. The van der Waals surface area contributed by atoms with E-state index in [4.69, 9.17) is 0 Å². The fourth-order valence-electron chi connectivity index (χ4n) is 1.33. The van der Waals surface area contributed by atoms with Crippen LogP contribution >= 0.6 is 39.5 Å². The number of hydrogen-bond donors (Lipinski definition) is 0. The molecule has 0 aliphatic rings. The second-order valence-electron chi connectivity index (χ2n) is 3.36. The number of alkyl halides is 4. The second kappa shape index (κ2) is 6.34. The first-order valence-electron chi connectivity index (χ1n) is 4.87. The Labute approximate surface area is 120 Å². The third-order valence-electron chi connectivity index (χ3n) is 2.04. The van der Waals surface area contributed by atoms with Crippen molar-refractivity contribution < 1.29 is 18.0 Å². The Hall–Kier alpha value is -0.140. The Balaban J connectivity index is 3.29. The predicted octanol–water partition coefficient (Wildman–Crippen LogP) is 4.99. The highest BCUT2D eigenvalue weighted by Gasteiger charge is 2.32. The minimum atomic E-state index is -4.40. The molecule has 0 bridgehead atoms. The minimum Gasteiger partial charge on any atom is -0.293 e.